The molecule has 1 fully saturated rings. The molecule has 2 rings (SSSR count). The molecule has 1 aliphatic rings. The zero-order chi connectivity index (χ0) is 13.2. The van der Waals surface area contributed by atoms with Gasteiger partial charge < -0.3 is 5.73 Å². The molecule has 1 heterocycles. The minimum Gasteiger partial charge on any atom is -0.383 e. The Bertz CT molecular complexity index is 521. The predicted octanol–water partition coefficient (Wildman–Crippen LogP) is 1.23. The number of sulfonamides is 1. The Labute approximate surface area is 112 Å². The molecule has 0 saturated heterocycles. The van der Waals surface area contributed by atoms with Crippen LogP contribution in [-0.4, -0.2) is 30.9 Å². The van der Waals surface area contributed by atoms with Gasteiger partial charge >= 0.3 is 0 Å². The molecular formula is C11H17N3O2S2. The molecule has 1 aromatic heterocycles. The van der Waals surface area contributed by atoms with Crippen LogP contribution in [0.1, 0.15) is 19.3 Å². The van der Waals surface area contributed by atoms with Gasteiger partial charge in [-0.25, -0.2) is 18.1 Å². The van der Waals surface area contributed by atoms with E-state index in [1.54, 1.807) is 17.8 Å². The highest BCUT2D eigenvalue weighted by Crippen LogP contribution is 2.42. The van der Waals surface area contributed by atoms with Crippen LogP contribution in [0.15, 0.2) is 23.2 Å². The van der Waals surface area contributed by atoms with Gasteiger partial charge in [-0.05, 0) is 31.2 Å². The fourth-order valence-corrected chi connectivity index (χ4v) is 4.17. The average molecular weight is 287 g/mol. The van der Waals surface area contributed by atoms with Crippen molar-refractivity contribution in [2.45, 2.75) is 28.9 Å². The SMILES string of the molecule is CSC1(CNS(=O)(=O)c2cccnc2N)CCC1. The monoisotopic (exact) mass is 287 g/mol. The highest BCUT2D eigenvalue weighted by Gasteiger charge is 2.37. The molecule has 0 bridgehead atoms. The summed E-state index contributed by atoms with van der Waals surface area (Å²) in [6, 6.07) is 3.04. The first-order valence-corrected chi connectivity index (χ1v) is 8.45. The first kappa shape index (κ1) is 13.6. The molecule has 3 N–H and O–H groups in total. The van der Waals surface area contributed by atoms with Crippen LogP contribution in [0.25, 0.3) is 0 Å². The average Bonchev–Trinajstić information content (AvgIpc) is 2.28. The third-order valence-electron chi connectivity index (χ3n) is 3.37. The lowest BCUT2D eigenvalue weighted by atomic mass is 9.84. The quantitative estimate of drug-likeness (QED) is 0.850. The highest BCUT2D eigenvalue weighted by molar-refractivity contribution is 8.00. The number of hydrogen-bond donors (Lipinski definition) is 2. The summed E-state index contributed by atoms with van der Waals surface area (Å²) < 4.78 is 26.9. The summed E-state index contributed by atoms with van der Waals surface area (Å²) in [5.74, 6) is 0.0387. The van der Waals surface area contributed by atoms with E-state index < -0.39 is 10.0 Å². The topological polar surface area (TPSA) is 85.1 Å². The molecule has 0 unspecified atom stereocenters. The summed E-state index contributed by atoms with van der Waals surface area (Å²) in [7, 11) is -3.56. The molecule has 0 amide bonds. The maximum atomic E-state index is 12.1. The van der Waals surface area contributed by atoms with Gasteiger partial charge in [-0.15, -0.1) is 0 Å². The summed E-state index contributed by atoms with van der Waals surface area (Å²) in [6.07, 6.45) is 6.77. The van der Waals surface area contributed by atoms with Crippen molar-refractivity contribution in [1.82, 2.24) is 9.71 Å². The molecule has 0 atom stereocenters. The van der Waals surface area contributed by atoms with Gasteiger partial charge in [0.25, 0.3) is 0 Å². The Kier molecular flexibility index (Phi) is 3.84. The number of nitrogens with one attached hydrogen (secondary N) is 1. The molecule has 18 heavy (non-hydrogen) atoms. The molecule has 1 aliphatic carbocycles. The third-order valence-corrected chi connectivity index (χ3v) is 6.24. The zero-order valence-electron chi connectivity index (χ0n) is 10.2. The van der Waals surface area contributed by atoms with Crippen LogP contribution in [0.4, 0.5) is 5.82 Å². The van der Waals surface area contributed by atoms with Crippen LogP contribution in [0.5, 0.6) is 0 Å². The number of nitrogen functional groups attached to an aromatic ring is 1. The summed E-state index contributed by atoms with van der Waals surface area (Å²) in [6.45, 7) is 0.449. The van der Waals surface area contributed by atoms with Crippen molar-refractivity contribution in [3.63, 3.8) is 0 Å². The lowest BCUT2D eigenvalue weighted by molar-refractivity contribution is 0.362. The van der Waals surface area contributed by atoms with Crippen LogP contribution in [0.3, 0.4) is 0 Å². The summed E-state index contributed by atoms with van der Waals surface area (Å²) in [4.78, 5) is 3.85. The van der Waals surface area contributed by atoms with Crippen molar-refractivity contribution in [1.29, 1.82) is 0 Å². The van der Waals surface area contributed by atoms with Crippen molar-refractivity contribution in [2.24, 2.45) is 0 Å². The summed E-state index contributed by atoms with van der Waals surface area (Å²) in [5.41, 5.74) is 5.59. The second-order valence-corrected chi connectivity index (χ2v) is 7.46. The van der Waals surface area contributed by atoms with Gasteiger partial charge in [0, 0.05) is 17.5 Å². The van der Waals surface area contributed by atoms with E-state index in [4.69, 9.17) is 5.73 Å². The number of hydrogen-bond acceptors (Lipinski definition) is 5. The van der Waals surface area contributed by atoms with Crippen LogP contribution < -0.4 is 10.5 Å². The van der Waals surface area contributed by atoms with Gasteiger partial charge in [-0.2, -0.15) is 11.8 Å². The molecule has 0 aromatic carbocycles. The lowest BCUT2D eigenvalue weighted by Gasteiger charge is -2.40. The smallest absolute Gasteiger partial charge is 0.244 e. The standard InChI is InChI=1S/C11H17N3O2S2/c1-17-11(5-3-6-11)8-14-18(15,16)9-4-2-7-13-10(9)12/h2,4,7,14H,3,5-6,8H2,1H3,(H2,12,13). The fourth-order valence-electron chi connectivity index (χ4n) is 1.96. The number of aromatic nitrogens is 1. The highest BCUT2D eigenvalue weighted by atomic mass is 32.2. The second-order valence-electron chi connectivity index (χ2n) is 4.45. The number of anilines is 1. The minimum atomic E-state index is -3.56. The van der Waals surface area contributed by atoms with E-state index in [1.807, 2.05) is 6.26 Å². The van der Waals surface area contributed by atoms with Crippen molar-refractivity contribution < 1.29 is 8.42 Å². The maximum absolute atomic E-state index is 12.1. The molecule has 0 aliphatic heterocycles. The minimum absolute atomic E-state index is 0.0387. The number of nitrogens with two attached hydrogens (primary N) is 1. The number of pyridine rings is 1. The number of thioether (sulfide) groups is 1. The van der Waals surface area contributed by atoms with Crippen LogP contribution in [0.2, 0.25) is 0 Å². The molecule has 1 aromatic rings. The zero-order valence-corrected chi connectivity index (χ0v) is 11.9. The van der Waals surface area contributed by atoms with E-state index in [0.717, 1.165) is 19.3 Å². The molecule has 0 spiro atoms. The van der Waals surface area contributed by atoms with Crippen molar-refractivity contribution in [3.8, 4) is 0 Å². The lowest BCUT2D eigenvalue weighted by Crippen LogP contribution is -2.45. The van der Waals surface area contributed by atoms with Crippen molar-refractivity contribution in [3.05, 3.63) is 18.3 Å². The van der Waals surface area contributed by atoms with Gasteiger partial charge in [0.2, 0.25) is 10.0 Å². The number of nitrogens with zero attached hydrogens (tertiary/aromatic N) is 1. The van der Waals surface area contributed by atoms with Crippen molar-refractivity contribution >= 4 is 27.6 Å². The van der Waals surface area contributed by atoms with E-state index in [0.29, 0.717) is 6.54 Å². The number of rotatable bonds is 5. The Hall–Kier alpha value is -0.790. The van der Waals surface area contributed by atoms with Crippen LogP contribution in [0, 0.1) is 0 Å². The fraction of sp³-hybridized carbons (Fsp3) is 0.545. The van der Waals surface area contributed by atoms with E-state index in [2.05, 4.69) is 9.71 Å². The first-order chi connectivity index (χ1) is 8.49. The Morgan fingerprint density at radius 1 is 1.56 bits per heavy atom. The summed E-state index contributed by atoms with van der Waals surface area (Å²) in [5, 5.41) is 0. The van der Waals surface area contributed by atoms with E-state index in [1.165, 1.54) is 12.3 Å². The van der Waals surface area contributed by atoms with Crippen LogP contribution >= 0.6 is 11.8 Å². The van der Waals surface area contributed by atoms with Crippen molar-refractivity contribution in [2.75, 3.05) is 18.5 Å². The third kappa shape index (κ3) is 2.62. The Morgan fingerprint density at radius 3 is 2.78 bits per heavy atom. The normalized spacial score (nSPS) is 18.3. The van der Waals surface area contributed by atoms with E-state index in [-0.39, 0.29) is 15.5 Å². The molecular weight excluding hydrogens is 270 g/mol. The molecule has 0 radical (unpaired) electrons. The van der Waals surface area contributed by atoms with Gasteiger partial charge in [-0.3, -0.25) is 0 Å². The molecule has 7 heteroatoms. The first-order valence-electron chi connectivity index (χ1n) is 5.74. The predicted molar refractivity (Wildman–Crippen MR) is 73.9 cm³/mol. The molecule has 1 saturated carbocycles. The molecule has 5 nitrogen and oxygen atoms in total. The summed E-state index contributed by atoms with van der Waals surface area (Å²) >= 11 is 1.73. The second kappa shape index (κ2) is 5.07. The van der Waals surface area contributed by atoms with Gasteiger partial charge in [-0.1, -0.05) is 6.42 Å². The Balaban J connectivity index is 2.11. The van der Waals surface area contributed by atoms with Gasteiger partial charge in [0.15, 0.2) is 0 Å². The van der Waals surface area contributed by atoms with Gasteiger partial charge in [0.05, 0.1) is 0 Å². The van der Waals surface area contributed by atoms with Gasteiger partial charge in [0.1, 0.15) is 10.7 Å². The van der Waals surface area contributed by atoms with E-state index in [9.17, 15) is 8.42 Å². The maximum Gasteiger partial charge on any atom is 0.244 e. The van der Waals surface area contributed by atoms with E-state index >= 15 is 0 Å². The molecule has 100 valence electrons. The Morgan fingerprint density at radius 2 is 2.28 bits per heavy atom. The largest absolute Gasteiger partial charge is 0.383 e. The van der Waals surface area contributed by atoms with Crippen LogP contribution in [-0.2, 0) is 10.0 Å².